The summed E-state index contributed by atoms with van der Waals surface area (Å²) in [6.45, 7) is 3.73. The standard InChI is InChI=1S/C29H43N3O4S/c1-4-12-37-27-23(8-10-25(30-27)32-11-5-6-19(18-32)13-26(33)34)28(35)31(2)24-9-7-20-15-29(36-3)16-21(20)14-22(24)17-29/h8,10,19-22,24H,4-7,9,11-18H2,1-3H3,(H,33,34)/t19-,20?,21?,22?,24?,29+/m0/s1. The fraction of sp³-hybridized carbons (Fsp3) is 0.759. The number of methoxy groups -OCH3 is 1. The van der Waals surface area contributed by atoms with Crippen molar-refractivity contribution in [1.29, 1.82) is 0 Å². The predicted molar refractivity (Wildman–Crippen MR) is 146 cm³/mol. The maximum absolute atomic E-state index is 14.0. The first-order valence-electron chi connectivity index (χ1n) is 14.3. The third kappa shape index (κ3) is 5.51. The van der Waals surface area contributed by atoms with Crippen molar-refractivity contribution in [1.82, 2.24) is 9.88 Å². The number of amides is 1. The minimum atomic E-state index is -0.737. The Hall–Kier alpha value is -1.80. The molecule has 3 bridgehead atoms. The average molecular weight is 530 g/mol. The van der Waals surface area contributed by atoms with Gasteiger partial charge in [0.15, 0.2) is 0 Å². The van der Waals surface area contributed by atoms with Crippen LogP contribution in [-0.4, -0.2) is 71.5 Å². The molecule has 4 fully saturated rings. The molecular weight excluding hydrogens is 486 g/mol. The summed E-state index contributed by atoms with van der Waals surface area (Å²) in [5.74, 6) is 3.24. The van der Waals surface area contributed by atoms with E-state index < -0.39 is 5.97 Å². The molecule has 0 aromatic carbocycles. The smallest absolute Gasteiger partial charge is 0.303 e. The number of fused-ring (bicyclic) bond motifs is 2. The van der Waals surface area contributed by atoms with Crippen molar-refractivity contribution in [3.05, 3.63) is 17.7 Å². The highest BCUT2D eigenvalue weighted by atomic mass is 32.2. The number of thioether (sulfide) groups is 1. The Bertz CT molecular complexity index is 1010. The number of aliphatic carboxylic acids is 1. The van der Waals surface area contributed by atoms with Crippen molar-refractivity contribution < 1.29 is 19.4 Å². The van der Waals surface area contributed by atoms with Crippen LogP contribution in [0.3, 0.4) is 0 Å². The number of rotatable bonds is 9. The predicted octanol–water partition coefficient (Wildman–Crippen LogP) is 5.33. The lowest BCUT2D eigenvalue weighted by atomic mass is 9.74. The lowest BCUT2D eigenvalue weighted by Crippen LogP contribution is -2.47. The second kappa shape index (κ2) is 11.1. The highest BCUT2D eigenvalue weighted by Crippen LogP contribution is 2.57. The van der Waals surface area contributed by atoms with E-state index in [1.54, 1.807) is 11.8 Å². The van der Waals surface area contributed by atoms with Crippen molar-refractivity contribution in [2.75, 3.05) is 37.9 Å². The van der Waals surface area contributed by atoms with Gasteiger partial charge in [-0.05, 0) is 99.3 Å². The molecule has 1 aromatic heterocycles. The number of carbonyl (C=O) groups excluding carboxylic acids is 1. The van der Waals surface area contributed by atoms with E-state index in [2.05, 4.69) is 11.8 Å². The monoisotopic (exact) mass is 529 g/mol. The number of carboxylic acids is 1. The van der Waals surface area contributed by atoms with Crippen molar-refractivity contribution >= 4 is 29.5 Å². The van der Waals surface area contributed by atoms with E-state index in [1.165, 1.54) is 25.7 Å². The van der Waals surface area contributed by atoms with E-state index in [-0.39, 0.29) is 29.9 Å². The molecule has 2 heterocycles. The minimum Gasteiger partial charge on any atom is -0.481 e. The zero-order chi connectivity index (χ0) is 26.2. The van der Waals surface area contributed by atoms with Gasteiger partial charge in [-0.2, -0.15) is 0 Å². The lowest BCUT2D eigenvalue weighted by molar-refractivity contribution is -0.138. The maximum Gasteiger partial charge on any atom is 0.303 e. The summed E-state index contributed by atoms with van der Waals surface area (Å²) in [6.07, 6.45) is 10.1. The van der Waals surface area contributed by atoms with Crippen LogP contribution < -0.4 is 4.90 Å². The second-order valence-corrected chi connectivity index (χ2v) is 13.1. The minimum absolute atomic E-state index is 0.0269. The summed E-state index contributed by atoms with van der Waals surface area (Å²) >= 11 is 1.66. The zero-order valence-corrected chi connectivity index (χ0v) is 23.5. The fourth-order valence-electron chi connectivity index (χ4n) is 7.88. The van der Waals surface area contributed by atoms with Crippen molar-refractivity contribution in [3.8, 4) is 0 Å². The Morgan fingerprint density at radius 2 is 1.97 bits per heavy atom. The number of ether oxygens (including phenoxy) is 1. The molecule has 5 rings (SSSR count). The number of piperidine rings is 1. The third-order valence-electron chi connectivity index (χ3n) is 9.63. The molecule has 1 aromatic rings. The normalized spacial score (nSPS) is 32.8. The Morgan fingerprint density at radius 1 is 1.19 bits per heavy atom. The van der Waals surface area contributed by atoms with Crippen LogP contribution in [0.1, 0.15) is 81.5 Å². The van der Waals surface area contributed by atoms with E-state index >= 15 is 0 Å². The summed E-state index contributed by atoms with van der Waals surface area (Å²) < 4.78 is 6.09. The number of hydrogen-bond acceptors (Lipinski definition) is 6. The Labute approximate surface area is 225 Å². The number of pyridine rings is 1. The Morgan fingerprint density at radius 3 is 2.73 bits per heavy atom. The van der Waals surface area contributed by atoms with Crippen LogP contribution >= 0.6 is 11.8 Å². The van der Waals surface area contributed by atoms with Gasteiger partial charge in [0, 0.05) is 39.7 Å². The highest BCUT2D eigenvalue weighted by Gasteiger charge is 2.54. The summed E-state index contributed by atoms with van der Waals surface area (Å²) in [7, 11) is 3.88. The number of carboxylic acid groups (broad SMARTS) is 1. The maximum atomic E-state index is 14.0. The summed E-state index contributed by atoms with van der Waals surface area (Å²) in [6, 6.07) is 4.19. The first-order chi connectivity index (χ1) is 17.8. The molecular formula is C29H43N3O4S. The van der Waals surface area contributed by atoms with Crippen LogP contribution in [0.25, 0.3) is 0 Å². The molecule has 204 valence electrons. The Kier molecular flexibility index (Phi) is 8.06. The zero-order valence-electron chi connectivity index (χ0n) is 22.7. The van der Waals surface area contributed by atoms with Gasteiger partial charge in [0.1, 0.15) is 10.8 Å². The fourth-order valence-corrected chi connectivity index (χ4v) is 8.75. The van der Waals surface area contributed by atoms with E-state index in [0.717, 1.165) is 67.1 Å². The van der Waals surface area contributed by atoms with Gasteiger partial charge < -0.3 is 19.6 Å². The first-order valence-corrected chi connectivity index (χ1v) is 15.2. The summed E-state index contributed by atoms with van der Waals surface area (Å²) in [4.78, 5) is 34.4. The van der Waals surface area contributed by atoms with E-state index in [9.17, 15) is 14.7 Å². The SMILES string of the molecule is CCCSc1nc(N2CCC[C@@H](CC(=O)O)C2)ccc1C(=O)N(C)C1CCC2C[C@@]3(OC)CC2CC1C3. The number of nitrogens with zero attached hydrogens (tertiary/aromatic N) is 3. The molecule has 8 heteroatoms. The number of anilines is 1. The van der Waals surface area contributed by atoms with Crippen LogP contribution in [0.15, 0.2) is 17.2 Å². The number of hydrogen-bond donors (Lipinski definition) is 1. The van der Waals surface area contributed by atoms with E-state index in [4.69, 9.17) is 9.72 Å². The molecule has 4 unspecified atom stereocenters. The molecule has 3 saturated carbocycles. The van der Waals surface area contributed by atoms with Crippen molar-refractivity contribution in [2.24, 2.45) is 23.7 Å². The topological polar surface area (TPSA) is 83.0 Å². The van der Waals surface area contributed by atoms with Crippen LogP contribution in [0.2, 0.25) is 0 Å². The van der Waals surface area contributed by atoms with Crippen LogP contribution in [-0.2, 0) is 9.53 Å². The molecule has 4 aliphatic rings. The second-order valence-electron chi connectivity index (χ2n) is 12.0. The quantitative estimate of drug-likeness (QED) is 0.433. The molecule has 7 nitrogen and oxygen atoms in total. The molecule has 1 aliphatic heterocycles. The van der Waals surface area contributed by atoms with Crippen molar-refractivity contribution in [3.63, 3.8) is 0 Å². The molecule has 0 radical (unpaired) electrons. The van der Waals surface area contributed by atoms with E-state index in [1.807, 2.05) is 31.2 Å². The number of aromatic nitrogens is 1. The molecule has 6 atom stereocenters. The molecule has 1 N–H and O–H groups in total. The van der Waals surface area contributed by atoms with Gasteiger partial charge in [-0.1, -0.05) is 6.92 Å². The van der Waals surface area contributed by atoms with Gasteiger partial charge in [-0.3, -0.25) is 9.59 Å². The average Bonchev–Trinajstić information content (AvgIpc) is 3.08. The Balaban J connectivity index is 1.35. The summed E-state index contributed by atoms with van der Waals surface area (Å²) in [5.41, 5.74) is 0.728. The summed E-state index contributed by atoms with van der Waals surface area (Å²) in [5, 5.41) is 10.1. The molecule has 0 spiro atoms. The number of carbonyl (C=O) groups is 2. The largest absolute Gasteiger partial charge is 0.481 e. The van der Waals surface area contributed by atoms with Crippen LogP contribution in [0, 0.1) is 23.7 Å². The molecule has 37 heavy (non-hydrogen) atoms. The van der Waals surface area contributed by atoms with Gasteiger partial charge in [0.25, 0.3) is 5.91 Å². The lowest BCUT2D eigenvalue weighted by Gasteiger charge is -2.43. The van der Waals surface area contributed by atoms with Gasteiger partial charge in [0.2, 0.25) is 0 Å². The van der Waals surface area contributed by atoms with Crippen LogP contribution in [0.5, 0.6) is 0 Å². The van der Waals surface area contributed by atoms with Gasteiger partial charge in [-0.15, -0.1) is 11.8 Å². The van der Waals surface area contributed by atoms with Gasteiger partial charge in [0.05, 0.1) is 11.2 Å². The highest BCUT2D eigenvalue weighted by molar-refractivity contribution is 7.99. The van der Waals surface area contributed by atoms with Crippen molar-refractivity contribution in [2.45, 2.75) is 87.8 Å². The van der Waals surface area contributed by atoms with Crippen LogP contribution in [0.4, 0.5) is 5.82 Å². The van der Waals surface area contributed by atoms with E-state index in [0.29, 0.717) is 18.0 Å². The third-order valence-corrected chi connectivity index (χ3v) is 10.8. The van der Waals surface area contributed by atoms with Gasteiger partial charge >= 0.3 is 5.97 Å². The first kappa shape index (κ1) is 26.8. The molecule has 1 amide bonds. The molecule has 3 aliphatic carbocycles. The van der Waals surface area contributed by atoms with Gasteiger partial charge in [-0.25, -0.2) is 4.98 Å². The molecule has 1 saturated heterocycles.